The predicted molar refractivity (Wildman–Crippen MR) is 235 cm³/mol. The van der Waals surface area contributed by atoms with Crippen molar-refractivity contribution in [1.29, 1.82) is 0 Å². The fourth-order valence-corrected chi connectivity index (χ4v) is 8.29. The Hall–Kier alpha value is -7.08. The number of hydrogen-bond donors (Lipinski definition) is 4. The number of primary amides is 2. The summed E-state index contributed by atoms with van der Waals surface area (Å²) in [5.41, 5.74) is 17.1. The smallest absolute Gasteiger partial charge is 0.276 e. The van der Waals surface area contributed by atoms with Crippen LogP contribution < -0.4 is 31.6 Å². The van der Waals surface area contributed by atoms with E-state index in [1.54, 1.807) is 41.2 Å². The second-order valence-corrected chi connectivity index (χ2v) is 15.5. The first kappa shape index (κ1) is 41.6. The molecule has 0 saturated carbocycles. The summed E-state index contributed by atoms with van der Waals surface area (Å²) >= 11 is 0. The quantitative estimate of drug-likeness (QED) is 0.0932. The summed E-state index contributed by atoms with van der Waals surface area (Å²) in [5.74, 6) is 0.543. The average molecular weight is 842 g/mol. The van der Waals surface area contributed by atoms with Crippen molar-refractivity contribution in [3.8, 4) is 23.0 Å². The average Bonchev–Trinajstić information content (AvgIpc) is 4.03. The molecule has 0 spiro atoms. The van der Waals surface area contributed by atoms with Gasteiger partial charge < -0.3 is 35.4 Å². The van der Waals surface area contributed by atoms with Crippen LogP contribution in [0.25, 0.3) is 44.5 Å². The summed E-state index contributed by atoms with van der Waals surface area (Å²) in [6, 6.07) is 10.3. The molecule has 3 amide bonds. The Kier molecular flexibility index (Phi) is 11.7. The Morgan fingerprint density at radius 1 is 0.839 bits per heavy atom. The number of nitrogens with two attached hydrogens (primary N) is 2. The van der Waals surface area contributed by atoms with Gasteiger partial charge in [-0.25, -0.2) is 15.0 Å². The zero-order valence-corrected chi connectivity index (χ0v) is 35.6. The molecule has 2 aromatic carbocycles. The third kappa shape index (κ3) is 8.07. The highest BCUT2D eigenvalue weighted by molar-refractivity contribution is 6.12. The van der Waals surface area contributed by atoms with Gasteiger partial charge in [0.25, 0.3) is 5.91 Å². The van der Waals surface area contributed by atoms with Gasteiger partial charge in [-0.1, -0.05) is 12.2 Å². The van der Waals surface area contributed by atoms with E-state index in [1.807, 2.05) is 55.2 Å². The molecule has 62 heavy (non-hydrogen) atoms. The lowest BCUT2D eigenvalue weighted by Gasteiger charge is -2.22. The number of piperidine rings is 1. The monoisotopic (exact) mass is 841 g/mol. The Bertz CT molecular complexity index is 2880. The van der Waals surface area contributed by atoms with E-state index in [2.05, 4.69) is 25.4 Å². The van der Waals surface area contributed by atoms with Crippen molar-refractivity contribution in [3.05, 3.63) is 83.0 Å². The van der Waals surface area contributed by atoms with Crippen molar-refractivity contribution >= 4 is 56.6 Å². The van der Waals surface area contributed by atoms with E-state index in [4.69, 9.17) is 35.9 Å². The van der Waals surface area contributed by atoms with Crippen molar-refractivity contribution in [2.75, 3.05) is 32.1 Å². The first-order valence-corrected chi connectivity index (χ1v) is 20.9. The van der Waals surface area contributed by atoms with Crippen molar-refractivity contribution in [2.24, 2.45) is 17.4 Å². The largest absolute Gasteiger partial charge is 0.494 e. The van der Waals surface area contributed by atoms with Gasteiger partial charge in [-0.05, 0) is 102 Å². The number of imidazole rings is 1. The Labute approximate surface area is 357 Å². The van der Waals surface area contributed by atoms with Crippen molar-refractivity contribution < 1.29 is 23.9 Å². The number of aryl methyl sites for hydroxylation is 4. The third-order valence-corrected chi connectivity index (χ3v) is 11.3. The lowest BCUT2D eigenvalue weighted by atomic mass is 9.95. The molecule has 7 aromatic rings. The van der Waals surface area contributed by atoms with Gasteiger partial charge in [0, 0.05) is 54.3 Å². The lowest BCUT2D eigenvalue weighted by Crippen LogP contribution is -2.28. The molecule has 0 atom stereocenters. The molecule has 1 fully saturated rings. The van der Waals surface area contributed by atoms with Gasteiger partial charge in [-0.3, -0.25) is 29.1 Å². The van der Waals surface area contributed by atoms with Gasteiger partial charge in [0.05, 0.1) is 36.1 Å². The third-order valence-electron chi connectivity index (χ3n) is 11.3. The van der Waals surface area contributed by atoms with Crippen LogP contribution in [0.3, 0.4) is 0 Å². The van der Waals surface area contributed by atoms with Crippen LogP contribution in [-0.4, -0.2) is 88.2 Å². The number of methoxy groups -OCH3 is 1. The number of ether oxygens (including phenoxy) is 2. The molecule has 0 radical (unpaired) electrons. The number of nitrogens with zero attached hydrogens (tertiary/aromatic N) is 9. The van der Waals surface area contributed by atoms with Gasteiger partial charge in [0.15, 0.2) is 5.82 Å². The molecular weight excluding hydrogens is 791 g/mol. The number of amides is 3. The van der Waals surface area contributed by atoms with Crippen LogP contribution >= 0.6 is 0 Å². The summed E-state index contributed by atoms with van der Waals surface area (Å²) < 4.78 is 19.7. The maximum atomic E-state index is 13.7. The van der Waals surface area contributed by atoms with E-state index in [0.717, 1.165) is 60.0 Å². The number of allylic oxidation sites excluding steroid dienone is 2. The first-order valence-electron chi connectivity index (χ1n) is 20.9. The number of hydrogen-bond acceptors (Lipinski definition) is 11. The van der Waals surface area contributed by atoms with Gasteiger partial charge in [0.2, 0.25) is 17.8 Å². The highest BCUT2D eigenvalue weighted by Gasteiger charge is 2.24. The predicted octanol–water partition coefficient (Wildman–Crippen LogP) is 5.13. The van der Waals surface area contributed by atoms with E-state index < -0.39 is 17.7 Å². The molecule has 6 heterocycles. The van der Waals surface area contributed by atoms with E-state index in [0.29, 0.717) is 83.1 Å². The van der Waals surface area contributed by atoms with Crippen molar-refractivity contribution in [2.45, 2.75) is 73.1 Å². The zero-order chi connectivity index (χ0) is 43.7. The maximum Gasteiger partial charge on any atom is 0.276 e. The minimum atomic E-state index is -0.641. The maximum absolute atomic E-state index is 13.7. The van der Waals surface area contributed by atoms with Crippen LogP contribution in [0, 0.1) is 19.8 Å². The van der Waals surface area contributed by atoms with Crippen molar-refractivity contribution in [3.63, 3.8) is 0 Å². The summed E-state index contributed by atoms with van der Waals surface area (Å²) in [4.78, 5) is 53.4. The standard InChI is InChI=1S/C44H51N13O5/c1-6-56-33(18-25(3)52-56)41-48-24-31-30-20-28(39(45)58)23-36(62-17-12-27-10-13-47-14-11-27)37(30)54(42(31)50-41)15-8-9-16-55-38-32(21-29(40(46)59)22-35(38)61-5)49-44(55)51-43(60)34-19-26(4)53-57(34)7-2/h8-9,18-24,27,47H,6-7,10-17H2,1-5H3,(H2,45,58)(H2,46,59)(H,49,51,60)/b9-8+. The van der Waals surface area contributed by atoms with Crippen LogP contribution in [0.4, 0.5) is 5.95 Å². The number of anilines is 1. The van der Waals surface area contributed by atoms with Crippen LogP contribution in [0.1, 0.15) is 75.7 Å². The number of nitrogens with one attached hydrogen (secondary N) is 2. The van der Waals surface area contributed by atoms with Gasteiger partial charge in [-0.15, -0.1) is 0 Å². The molecule has 0 aliphatic carbocycles. The molecule has 1 aliphatic heterocycles. The van der Waals surface area contributed by atoms with Crippen LogP contribution in [0.15, 0.2) is 54.7 Å². The molecule has 18 heteroatoms. The number of carbonyl (C=O) groups excluding carboxylic acids is 3. The van der Waals surface area contributed by atoms with Crippen LogP contribution in [0.5, 0.6) is 11.5 Å². The van der Waals surface area contributed by atoms with Gasteiger partial charge in [0.1, 0.15) is 34.1 Å². The highest BCUT2D eigenvalue weighted by Crippen LogP contribution is 2.37. The molecule has 18 nitrogen and oxygen atoms in total. The molecule has 0 unspecified atom stereocenters. The molecule has 322 valence electrons. The molecule has 1 saturated heterocycles. The second kappa shape index (κ2) is 17.5. The highest BCUT2D eigenvalue weighted by atomic mass is 16.5. The Morgan fingerprint density at radius 2 is 1.52 bits per heavy atom. The number of carbonyl (C=O) groups is 3. The second-order valence-electron chi connectivity index (χ2n) is 15.5. The van der Waals surface area contributed by atoms with Gasteiger partial charge in [-0.2, -0.15) is 10.2 Å². The molecule has 8 rings (SSSR count). The lowest BCUT2D eigenvalue weighted by molar-refractivity contribution is 0.0991. The number of aromatic nitrogens is 9. The minimum Gasteiger partial charge on any atom is -0.494 e. The molecule has 1 aliphatic rings. The van der Waals surface area contributed by atoms with E-state index in [1.165, 1.54) is 7.11 Å². The summed E-state index contributed by atoms with van der Waals surface area (Å²) in [6.45, 7) is 11.8. The summed E-state index contributed by atoms with van der Waals surface area (Å²) in [7, 11) is 1.50. The number of rotatable bonds is 16. The Balaban J connectivity index is 1.21. The SMILES string of the molecule is CCn1nc(C)cc1C(=O)Nc1nc2cc(C(N)=O)cc(OC)c2n1C/C=C/Cn1c2nc(-c3cc(C)nn3CC)ncc2c2cc(C(N)=O)cc(OCCC3CCNCC3)c21. The summed E-state index contributed by atoms with van der Waals surface area (Å²) in [6.07, 6.45) is 8.74. The van der Waals surface area contributed by atoms with E-state index in [9.17, 15) is 14.4 Å². The molecule has 0 bridgehead atoms. The topological polar surface area (TPSA) is 230 Å². The van der Waals surface area contributed by atoms with E-state index in [-0.39, 0.29) is 18.1 Å². The Morgan fingerprint density at radius 3 is 2.23 bits per heavy atom. The molecule has 5 aromatic heterocycles. The van der Waals surface area contributed by atoms with Crippen LogP contribution in [-0.2, 0) is 26.2 Å². The first-order chi connectivity index (χ1) is 30.0. The fraction of sp³-hybridized carbons (Fsp3) is 0.364. The number of benzene rings is 2. The molecule has 6 N–H and O–H groups in total. The normalized spacial score (nSPS) is 13.5. The fourth-order valence-electron chi connectivity index (χ4n) is 8.29. The zero-order valence-electron chi connectivity index (χ0n) is 35.6. The number of fused-ring (bicyclic) bond motifs is 4. The summed E-state index contributed by atoms with van der Waals surface area (Å²) in [5, 5.41) is 16.9. The van der Waals surface area contributed by atoms with Gasteiger partial charge >= 0.3 is 0 Å². The molecular formula is C44H51N13O5. The van der Waals surface area contributed by atoms with Crippen molar-refractivity contribution in [1.82, 2.24) is 49.0 Å². The van der Waals surface area contributed by atoms with Crippen LogP contribution in [0.2, 0.25) is 0 Å². The van der Waals surface area contributed by atoms with E-state index >= 15 is 0 Å². The minimum absolute atomic E-state index is 0.213.